The van der Waals surface area contributed by atoms with Crippen molar-refractivity contribution in [3.8, 4) is 5.75 Å². The highest BCUT2D eigenvalue weighted by molar-refractivity contribution is 5.37. The summed E-state index contributed by atoms with van der Waals surface area (Å²) in [6.45, 7) is 1.86. The van der Waals surface area contributed by atoms with Crippen molar-refractivity contribution in [3.63, 3.8) is 0 Å². The summed E-state index contributed by atoms with van der Waals surface area (Å²) in [5.74, 6) is 2.17. The lowest BCUT2D eigenvalue weighted by Crippen LogP contribution is -2.40. The molecular formula is C18H23FN4O2. The number of nitrogens with one attached hydrogen (secondary N) is 1. The Morgan fingerprint density at radius 3 is 3.20 bits per heavy atom. The van der Waals surface area contributed by atoms with Crippen LogP contribution in [-0.4, -0.2) is 34.5 Å². The SMILES string of the molecule is COCc1nc2n(n1)C[C@@H](N[C@H]1CCCOc3cc(F)ccc31)CC2. The second kappa shape index (κ2) is 7.09. The minimum Gasteiger partial charge on any atom is -0.493 e. The van der Waals surface area contributed by atoms with Gasteiger partial charge in [0.15, 0.2) is 5.82 Å². The Morgan fingerprint density at radius 2 is 2.32 bits per heavy atom. The van der Waals surface area contributed by atoms with Crippen molar-refractivity contribution in [2.45, 2.75) is 50.9 Å². The molecule has 134 valence electrons. The summed E-state index contributed by atoms with van der Waals surface area (Å²) in [7, 11) is 1.65. The van der Waals surface area contributed by atoms with Gasteiger partial charge in [-0.3, -0.25) is 0 Å². The fraction of sp³-hybridized carbons (Fsp3) is 0.556. The van der Waals surface area contributed by atoms with E-state index in [9.17, 15) is 4.39 Å². The molecule has 0 aliphatic carbocycles. The van der Waals surface area contributed by atoms with E-state index < -0.39 is 0 Å². The molecule has 1 aromatic carbocycles. The van der Waals surface area contributed by atoms with Gasteiger partial charge >= 0.3 is 0 Å². The molecule has 7 heteroatoms. The fourth-order valence-corrected chi connectivity index (χ4v) is 3.69. The summed E-state index contributed by atoms with van der Waals surface area (Å²) < 4.78 is 26.3. The molecule has 2 aromatic rings. The second-order valence-corrected chi connectivity index (χ2v) is 6.69. The highest BCUT2D eigenvalue weighted by atomic mass is 19.1. The lowest BCUT2D eigenvalue weighted by Gasteiger charge is -2.28. The molecule has 2 aliphatic rings. The molecule has 2 aliphatic heterocycles. The van der Waals surface area contributed by atoms with Crippen LogP contribution in [0.1, 0.15) is 42.5 Å². The van der Waals surface area contributed by atoms with Gasteiger partial charge in [0.05, 0.1) is 13.2 Å². The van der Waals surface area contributed by atoms with E-state index in [0.717, 1.165) is 49.4 Å². The van der Waals surface area contributed by atoms with E-state index in [1.807, 2.05) is 10.7 Å². The number of hydrogen-bond donors (Lipinski definition) is 1. The third kappa shape index (κ3) is 3.52. The van der Waals surface area contributed by atoms with Crippen molar-refractivity contribution in [3.05, 3.63) is 41.2 Å². The molecule has 0 radical (unpaired) electrons. The van der Waals surface area contributed by atoms with Gasteiger partial charge in [0, 0.05) is 37.2 Å². The standard InChI is InChI=1S/C18H23FN4O2/c1-24-11-17-21-18-7-5-13(10-23(18)22-17)20-15-3-2-8-25-16-9-12(19)4-6-14(15)16/h4,6,9,13,15,20H,2-3,5,7-8,10-11H2,1H3/t13-,15-/m0/s1. The van der Waals surface area contributed by atoms with Crippen LogP contribution < -0.4 is 10.1 Å². The second-order valence-electron chi connectivity index (χ2n) is 6.69. The van der Waals surface area contributed by atoms with E-state index >= 15 is 0 Å². The minimum absolute atomic E-state index is 0.173. The maximum absolute atomic E-state index is 13.5. The van der Waals surface area contributed by atoms with Crippen molar-refractivity contribution in [2.75, 3.05) is 13.7 Å². The Labute approximate surface area is 146 Å². The van der Waals surface area contributed by atoms with Crippen LogP contribution >= 0.6 is 0 Å². The summed E-state index contributed by atoms with van der Waals surface area (Å²) in [5.41, 5.74) is 1.04. The van der Waals surface area contributed by atoms with Gasteiger partial charge in [-0.25, -0.2) is 14.1 Å². The van der Waals surface area contributed by atoms with Gasteiger partial charge in [-0.05, 0) is 25.3 Å². The zero-order valence-electron chi connectivity index (χ0n) is 14.4. The van der Waals surface area contributed by atoms with E-state index in [-0.39, 0.29) is 11.9 Å². The zero-order valence-corrected chi connectivity index (χ0v) is 14.4. The van der Waals surface area contributed by atoms with Crippen LogP contribution in [0.3, 0.4) is 0 Å². The minimum atomic E-state index is -0.255. The molecule has 0 spiro atoms. The largest absolute Gasteiger partial charge is 0.493 e. The number of hydrogen-bond acceptors (Lipinski definition) is 5. The summed E-state index contributed by atoms with van der Waals surface area (Å²) in [6.07, 6.45) is 3.84. The molecule has 2 atom stereocenters. The molecule has 0 fully saturated rings. The van der Waals surface area contributed by atoms with Crippen LogP contribution in [0.4, 0.5) is 4.39 Å². The maximum Gasteiger partial charge on any atom is 0.176 e. The van der Waals surface area contributed by atoms with Crippen molar-refractivity contribution in [1.29, 1.82) is 0 Å². The van der Waals surface area contributed by atoms with Crippen LogP contribution in [0.15, 0.2) is 18.2 Å². The predicted molar refractivity (Wildman–Crippen MR) is 89.8 cm³/mol. The number of rotatable bonds is 4. The first-order valence-corrected chi connectivity index (χ1v) is 8.83. The number of ether oxygens (including phenoxy) is 2. The van der Waals surface area contributed by atoms with Crippen LogP contribution in [0.2, 0.25) is 0 Å². The maximum atomic E-state index is 13.5. The first kappa shape index (κ1) is 16.5. The molecule has 6 nitrogen and oxygen atoms in total. The fourth-order valence-electron chi connectivity index (χ4n) is 3.69. The van der Waals surface area contributed by atoms with Crippen LogP contribution in [0.25, 0.3) is 0 Å². The summed E-state index contributed by atoms with van der Waals surface area (Å²) in [4.78, 5) is 4.52. The first-order valence-electron chi connectivity index (χ1n) is 8.83. The predicted octanol–water partition coefficient (Wildman–Crippen LogP) is 2.38. The number of aromatic nitrogens is 3. The number of benzene rings is 1. The lowest BCUT2D eigenvalue weighted by molar-refractivity contribution is 0.177. The third-order valence-corrected chi connectivity index (χ3v) is 4.86. The number of nitrogens with zero attached hydrogens (tertiary/aromatic N) is 3. The number of halogens is 1. The average Bonchev–Trinajstić information content (AvgIpc) is 2.89. The molecule has 25 heavy (non-hydrogen) atoms. The molecule has 1 N–H and O–H groups in total. The van der Waals surface area contributed by atoms with Crippen molar-refractivity contribution >= 4 is 0 Å². The third-order valence-electron chi connectivity index (χ3n) is 4.86. The highest BCUT2D eigenvalue weighted by Crippen LogP contribution is 2.33. The van der Waals surface area contributed by atoms with Gasteiger partial charge < -0.3 is 14.8 Å². The molecular weight excluding hydrogens is 323 g/mol. The highest BCUT2D eigenvalue weighted by Gasteiger charge is 2.27. The smallest absolute Gasteiger partial charge is 0.176 e. The van der Waals surface area contributed by atoms with E-state index in [2.05, 4.69) is 15.4 Å². The number of methoxy groups -OCH3 is 1. The quantitative estimate of drug-likeness (QED) is 0.921. The molecule has 0 unspecified atom stereocenters. The molecule has 0 amide bonds. The van der Waals surface area contributed by atoms with Crippen molar-refractivity contribution in [2.24, 2.45) is 0 Å². The van der Waals surface area contributed by atoms with Gasteiger partial charge in [0.1, 0.15) is 24.0 Å². The first-order chi connectivity index (χ1) is 12.2. The molecule has 0 saturated heterocycles. The Bertz CT molecular complexity index is 749. The van der Waals surface area contributed by atoms with Crippen molar-refractivity contribution < 1.29 is 13.9 Å². The van der Waals surface area contributed by atoms with E-state index in [1.54, 1.807) is 7.11 Å². The molecule has 0 saturated carbocycles. The summed E-state index contributed by atoms with van der Waals surface area (Å²) in [5, 5.41) is 8.26. The number of fused-ring (bicyclic) bond motifs is 2. The van der Waals surface area contributed by atoms with Gasteiger partial charge in [-0.15, -0.1) is 0 Å². The van der Waals surface area contributed by atoms with E-state index in [4.69, 9.17) is 9.47 Å². The summed E-state index contributed by atoms with van der Waals surface area (Å²) in [6, 6.07) is 5.32. The van der Waals surface area contributed by atoms with E-state index in [1.165, 1.54) is 12.1 Å². The van der Waals surface area contributed by atoms with Gasteiger partial charge in [0.2, 0.25) is 0 Å². The number of aryl methyl sites for hydroxylation is 1. The molecule has 4 rings (SSSR count). The lowest BCUT2D eigenvalue weighted by atomic mass is 9.99. The zero-order chi connectivity index (χ0) is 17.2. The summed E-state index contributed by atoms with van der Waals surface area (Å²) >= 11 is 0. The van der Waals surface area contributed by atoms with Gasteiger partial charge in [-0.1, -0.05) is 6.07 Å². The Hall–Kier alpha value is -1.99. The van der Waals surface area contributed by atoms with E-state index in [0.29, 0.717) is 25.0 Å². The van der Waals surface area contributed by atoms with Crippen LogP contribution in [0.5, 0.6) is 5.75 Å². The van der Waals surface area contributed by atoms with Crippen LogP contribution in [-0.2, 0) is 24.3 Å². The average molecular weight is 346 g/mol. The Balaban J connectivity index is 1.49. The molecule has 3 heterocycles. The normalized spacial score (nSPS) is 22.6. The monoisotopic (exact) mass is 346 g/mol. The molecule has 0 bridgehead atoms. The Kier molecular flexibility index (Phi) is 4.67. The van der Waals surface area contributed by atoms with Gasteiger partial charge in [-0.2, -0.15) is 5.10 Å². The van der Waals surface area contributed by atoms with Crippen LogP contribution in [0, 0.1) is 5.82 Å². The molecule has 1 aromatic heterocycles. The van der Waals surface area contributed by atoms with Crippen molar-refractivity contribution in [1.82, 2.24) is 20.1 Å². The topological polar surface area (TPSA) is 61.2 Å². The Morgan fingerprint density at radius 1 is 1.40 bits per heavy atom. The van der Waals surface area contributed by atoms with Gasteiger partial charge in [0.25, 0.3) is 0 Å².